The molecular formula is C20H28N4O3S. The number of hydrogen-bond acceptors (Lipinski definition) is 6. The molecule has 0 N–H and O–H groups in total. The Balaban J connectivity index is 1.39. The predicted molar refractivity (Wildman–Crippen MR) is 106 cm³/mol. The van der Waals surface area contributed by atoms with Gasteiger partial charge in [0.2, 0.25) is 15.9 Å². The Morgan fingerprint density at radius 2 is 1.79 bits per heavy atom. The predicted octanol–water partition coefficient (Wildman–Crippen LogP) is 2.58. The number of benzene rings is 1. The summed E-state index contributed by atoms with van der Waals surface area (Å²) in [5.41, 5.74) is 2.50. The average molecular weight is 405 g/mol. The Hall–Kier alpha value is -1.77. The SMILES string of the molecule is CC(C)c1noc(CN2CCN(S(=O)(=O)c3ccc4c(c3)CCCC4)CC2)n1. The second kappa shape index (κ2) is 7.93. The Bertz CT molecular complexity index is 931. The summed E-state index contributed by atoms with van der Waals surface area (Å²) in [7, 11) is -3.44. The van der Waals surface area contributed by atoms with Gasteiger partial charge in [-0.1, -0.05) is 25.1 Å². The summed E-state index contributed by atoms with van der Waals surface area (Å²) in [5.74, 6) is 1.54. The van der Waals surface area contributed by atoms with Gasteiger partial charge in [-0.3, -0.25) is 4.90 Å². The summed E-state index contributed by atoms with van der Waals surface area (Å²) < 4.78 is 33.1. The average Bonchev–Trinajstić information content (AvgIpc) is 3.17. The van der Waals surface area contributed by atoms with Gasteiger partial charge in [0.15, 0.2) is 5.82 Å². The van der Waals surface area contributed by atoms with E-state index >= 15 is 0 Å². The number of aryl methyl sites for hydroxylation is 2. The maximum absolute atomic E-state index is 13.1. The van der Waals surface area contributed by atoms with Gasteiger partial charge in [0.05, 0.1) is 11.4 Å². The first-order chi connectivity index (χ1) is 13.4. The molecule has 2 aromatic rings. The molecular weight excluding hydrogens is 376 g/mol. The molecule has 1 aliphatic heterocycles. The van der Waals surface area contributed by atoms with Crippen molar-refractivity contribution in [2.75, 3.05) is 26.2 Å². The third-order valence-electron chi connectivity index (χ3n) is 5.65. The Morgan fingerprint density at radius 3 is 2.46 bits per heavy atom. The van der Waals surface area contributed by atoms with E-state index in [9.17, 15) is 8.42 Å². The van der Waals surface area contributed by atoms with E-state index in [-0.39, 0.29) is 5.92 Å². The lowest BCUT2D eigenvalue weighted by atomic mass is 9.92. The van der Waals surface area contributed by atoms with Crippen molar-refractivity contribution >= 4 is 10.0 Å². The molecule has 8 heteroatoms. The van der Waals surface area contributed by atoms with Crippen molar-refractivity contribution in [3.05, 3.63) is 41.0 Å². The topological polar surface area (TPSA) is 79.5 Å². The molecule has 2 heterocycles. The van der Waals surface area contributed by atoms with E-state index in [0.29, 0.717) is 49.3 Å². The second-order valence-electron chi connectivity index (χ2n) is 8.02. The maximum atomic E-state index is 13.1. The van der Waals surface area contributed by atoms with Gasteiger partial charge in [0.25, 0.3) is 0 Å². The lowest BCUT2D eigenvalue weighted by molar-refractivity contribution is 0.163. The molecule has 1 saturated heterocycles. The zero-order valence-electron chi connectivity index (χ0n) is 16.6. The van der Waals surface area contributed by atoms with E-state index < -0.39 is 10.0 Å². The number of sulfonamides is 1. The van der Waals surface area contributed by atoms with E-state index in [0.717, 1.165) is 19.3 Å². The fourth-order valence-electron chi connectivity index (χ4n) is 3.91. The molecule has 0 unspecified atom stereocenters. The van der Waals surface area contributed by atoms with Crippen molar-refractivity contribution in [1.82, 2.24) is 19.3 Å². The molecule has 0 saturated carbocycles. The van der Waals surface area contributed by atoms with Crippen molar-refractivity contribution in [2.24, 2.45) is 0 Å². The highest BCUT2D eigenvalue weighted by Gasteiger charge is 2.29. The maximum Gasteiger partial charge on any atom is 0.243 e. The first-order valence-electron chi connectivity index (χ1n) is 10.1. The summed E-state index contributed by atoms with van der Waals surface area (Å²) in [6.45, 7) is 6.88. The van der Waals surface area contributed by atoms with Crippen LogP contribution in [-0.4, -0.2) is 53.9 Å². The van der Waals surface area contributed by atoms with Crippen LogP contribution < -0.4 is 0 Å². The highest BCUT2D eigenvalue weighted by atomic mass is 32.2. The largest absolute Gasteiger partial charge is 0.338 e. The monoisotopic (exact) mass is 404 g/mol. The third-order valence-corrected chi connectivity index (χ3v) is 7.54. The van der Waals surface area contributed by atoms with Gasteiger partial charge in [0, 0.05) is 32.1 Å². The smallest absolute Gasteiger partial charge is 0.243 e. The Kier molecular flexibility index (Phi) is 5.53. The van der Waals surface area contributed by atoms with Crippen LogP contribution in [0.5, 0.6) is 0 Å². The van der Waals surface area contributed by atoms with Crippen LogP contribution in [-0.2, 0) is 29.4 Å². The number of aromatic nitrogens is 2. The van der Waals surface area contributed by atoms with Gasteiger partial charge >= 0.3 is 0 Å². The van der Waals surface area contributed by atoms with E-state index in [1.165, 1.54) is 17.5 Å². The first-order valence-corrected chi connectivity index (χ1v) is 11.5. The number of piperazine rings is 1. The van der Waals surface area contributed by atoms with Crippen LogP contribution in [0.4, 0.5) is 0 Å². The van der Waals surface area contributed by atoms with Crippen LogP contribution >= 0.6 is 0 Å². The van der Waals surface area contributed by atoms with Crippen molar-refractivity contribution in [2.45, 2.75) is 56.9 Å². The fourth-order valence-corrected chi connectivity index (χ4v) is 5.38. The van der Waals surface area contributed by atoms with Crippen LogP contribution in [0, 0.1) is 0 Å². The molecule has 1 aliphatic carbocycles. The fraction of sp³-hybridized carbons (Fsp3) is 0.600. The molecule has 0 radical (unpaired) electrons. The van der Waals surface area contributed by atoms with Crippen molar-refractivity contribution in [3.63, 3.8) is 0 Å². The van der Waals surface area contributed by atoms with Gasteiger partial charge in [-0.2, -0.15) is 9.29 Å². The van der Waals surface area contributed by atoms with Crippen LogP contribution in [0.25, 0.3) is 0 Å². The molecule has 0 spiro atoms. The highest BCUT2D eigenvalue weighted by molar-refractivity contribution is 7.89. The van der Waals surface area contributed by atoms with Gasteiger partial charge in [-0.25, -0.2) is 8.42 Å². The summed E-state index contributed by atoms with van der Waals surface area (Å²) in [6, 6.07) is 5.67. The molecule has 1 fully saturated rings. The van der Waals surface area contributed by atoms with Gasteiger partial charge < -0.3 is 4.52 Å². The normalized spacial score (nSPS) is 19.1. The second-order valence-corrected chi connectivity index (χ2v) is 9.96. The first kappa shape index (κ1) is 19.5. The molecule has 4 rings (SSSR count). The lowest BCUT2D eigenvalue weighted by Gasteiger charge is -2.33. The van der Waals surface area contributed by atoms with Crippen molar-refractivity contribution in [1.29, 1.82) is 0 Å². The van der Waals surface area contributed by atoms with Gasteiger partial charge in [0.1, 0.15) is 0 Å². The minimum atomic E-state index is -3.44. The van der Waals surface area contributed by atoms with Crippen LogP contribution in [0.15, 0.2) is 27.6 Å². The van der Waals surface area contributed by atoms with Crippen LogP contribution in [0.1, 0.15) is 55.4 Å². The summed E-state index contributed by atoms with van der Waals surface area (Å²) >= 11 is 0. The number of rotatable bonds is 5. The Labute approximate surface area is 166 Å². The van der Waals surface area contributed by atoms with Gasteiger partial charge in [-0.15, -0.1) is 0 Å². The molecule has 0 bridgehead atoms. The van der Waals surface area contributed by atoms with Crippen molar-refractivity contribution in [3.8, 4) is 0 Å². The molecule has 1 aromatic heterocycles. The van der Waals surface area contributed by atoms with E-state index in [1.54, 1.807) is 10.4 Å². The van der Waals surface area contributed by atoms with Crippen LogP contribution in [0.2, 0.25) is 0 Å². The van der Waals surface area contributed by atoms with Crippen LogP contribution in [0.3, 0.4) is 0 Å². The van der Waals surface area contributed by atoms with E-state index in [1.807, 2.05) is 26.0 Å². The summed E-state index contributed by atoms with van der Waals surface area (Å²) in [5, 5.41) is 3.99. The molecule has 1 aromatic carbocycles. The molecule has 0 atom stereocenters. The summed E-state index contributed by atoms with van der Waals surface area (Å²) in [6.07, 6.45) is 4.38. The quantitative estimate of drug-likeness (QED) is 0.762. The Morgan fingerprint density at radius 1 is 1.07 bits per heavy atom. The minimum absolute atomic E-state index is 0.233. The molecule has 152 valence electrons. The zero-order valence-corrected chi connectivity index (χ0v) is 17.4. The number of fused-ring (bicyclic) bond motifs is 1. The zero-order chi connectivity index (χ0) is 19.7. The van der Waals surface area contributed by atoms with Crippen molar-refractivity contribution < 1.29 is 12.9 Å². The third kappa shape index (κ3) is 3.99. The van der Waals surface area contributed by atoms with E-state index in [2.05, 4.69) is 15.0 Å². The molecule has 0 amide bonds. The molecule has 7 nitrogen and oxygen atoms in total. The standard InChI is InChI=1S/C20H28N4O3S/c1-15(2)20-21-19(27-22-20)14-23-9-11-24(12-10-23)28(25,26)18-8-7-16-5-3-4-6-17(16)13-18/h7-8,13,15H,3-6,9-12,14H2,1-2H3. The molecule has 2 aliphatic rings. The summed E-state index contributed by atoms with van der Waals surface area (Å²) in [4.78, 5) is 7.00. The lowest BCUT2D eigenvalue weighted by Crippen LogP contribution is -2.48. The van der Waals surface area contributed by atoms with Gasteiger partial charge in [-0.05, 0) is 48.9 Å². The highest BCUT2D eigenvalue weighted by Crippen LogP contribution is 2.26. The minimum Gasteiger partial charge on any atom is -0.338 e. The van der Waals surface area contributed by atoms with E-state index in [4.69, 9.17) is 4.52 Å². The number of hydrogen-bond donors (Lipinski definition) is 0. The molecule has 28 heavy (non-hydrogen) atoms. The number of nitrogens with zero attached hydrogens (tertiary/aromatic N) is 4.